The molecule has 2 heterocycles. The van der Waals surface area contributed by atoms with Gasteiger partial charge in [-0.25, -0.2) is 4.68 Å². The minimum absolute atomic E-state index is 0.103. The van der Waals surface area contributed by atoms with Crippen LogP contribution in [0.25, 0.3) is 5.69 Å². The number of hydrogen-bond donors (Lipinski definition) is 2. The van der Waals surface area contributed by atoms with E-state index in [1.807, 2.05) is 36.5 Å². The molecule has 0 saturated carbocycles. The van der Waals surface area contributed by atoms with Gasteiger partial charge >= 0.3 is 0 Å². The van der Waals surface area contributed by atoms with Gasteiger partial charge in [-0.2, -0.15) is 5.10 Å². The van der Waals surface area contributed by atoms with Gasteiger partial charge < -0.3 is 15.4 Å². The summed E-state index contributed by atoms with van der Waals surface area (Å²) in [6.45, 7) is 2.02. The van der Waals surface area contributed by atoms with Crippen LogP contribution in [-0.4, -0.2) is 41.5 Å². The van der Waals surface area contributed by atoms with Gasteiger partial charge in [0.25, 0.3) is 0 Å². The number of nitrogens with zero attached hydrogens (tertiary/aromatic N) is 2. The molecule has 116 valence electrons. The molecule has 6 nitrogen and oxygen atoms in total. The Hall–Kier alpha value is -2.18. The number of benzene rings is 1. The van der Waals surface area contributed by atoms with Crippen LogP contribution in [-0.2, 0) is 9.53 Å². The largest absolute Gasteiger partial charge is 0.368 e. The lowest BCUT2D eigenvalue weighted by molar-refractivity contribution is -0.123. The van der Waals surface area contributed by atoms with Crippen LogP contribution in [0.1, 0.15) is 12.8 Å². The molecule has 1 aliphatic rings. The minimum Gasteiger partial charge on any atom is -0.368 e. The summed E-state index contributed by atoms with van der Waals surface area (Å²) >= 11 is 0. The molecule has 1 aromatic carbocycles. The Labute approximate surface area is 129 Å². The number of ether oxygens (including phenoxy) is 1. The highest BCUT2D eigenvalue weighted by molar-refractivity contribution is 5.91. The third-order valence-electron chi connectivity index (χ3n) is 3.66. The Morgan fingerprint density at radius 2 is 2.09 bits per heavy atom. The maximum Gasteiger partial charge on any atom is 0.250 e. The highest BCUT2D eigenvalue weighted by atomic mass is 16.5. The van der Waals surface area contributed by atoms with E-state index in [1.54, 1.807) is 10.9 Å². The number of hydrogen-bond acceptors (Lipinski definition) is 4. The van der Waals surface area contributed by atoms with Crippen molar-refractivity contribution < 1.29 is 9.53 Å². The van der Waals surface area contributed by atoms with Crippen molar-refractivity contribution in [3.8, 4) is 5.69 Å². The molecule has 1 fully saturated rings. The SMILES string of the molecule is O=C(COC1CCNCC1)Nc1ccc(-n2cccn2)cc1. The summed E-state index contributed by atoms with van der Waals surface area (Å²) < 4.78 is 7.40. The fraction of sp³-hybridized carbons (Fsp3) is 0.375. The van der Waals surface area contributed by atoms with Crippen LogP contribution >= 0.6 is 0 Å². The Balaban J connectivity index is 1.48. The predicted molar refractivity (Wildman–Crippen MR) is 84.0 cm³/mol. The van der Waals surface area contributed by atoms with Crippen molar-refractivity contribution in [2.24, 2.45) is 0 Å². The Morgan fingerprint density at radius 3 is 2.77 bits per heavy atom. The van der Waals surface area contributed by atoms with Crippen LogP contribution in [0, 0.1) is 0 Å². The standard InChI is InChI=1S/C16H20N4O2/c21-16(12-22-15-6-9-17-10-7-15)19-13-2-4-14(5-3-13)20-11-1-8-18-20/h1-5,8,11,15,17H,6-7,9-10,12H2,(H,19,21). The van der Waals surface area contributed by atoms with Crippen molar-refractivity contribution >= 4 is 11.6 Å². The molecule has 6 heteroatoms. The third kappa shape index (κ3) is 3.93. The summed E-state index contributed by atoms with van der Waals surface area (Å²) in [7, 11) is 0. The summed E-state index contributed by atoms with van der Waals surface area (Å²) in [4.78, 5) is 11.9. The maximum absolute atomic E-state index is 11.9. The lowest BCUT2D eigenvalue weighted by Crippen LogP contribution is -2.34. The van der Waals surface area contributed by atoms with E-state index < -0.39 is 0 Å². The zero-order chi connectivity index (χ0) is 15.2. The van der Waals surface area contributed by atoms with Crippen molar-refractivity contribution in [1.82, 2.24) is 15.1 Å². The van der Waals surface area contributed by atoms with Crippen LogP contribution in [0.15, 0.2) is 42.7 Å². The molecule has 1 aromatic heterocycles. The maximum atomic E-state index is 11.9. The van der Waals surface area contributed by atoms with E-state index in [9.17, 15) is 4.79 Å². The molecule has 22 heavy (non-hydrogen) atoms. The molecular weight excluding hydrogens is 280 g/mol. The second kappa shape index (κ2) is 7.20. The lowest BCUT2D eigenvalue weighted by Gasteiger charge is -2.22. The fourth-order valence-electron chi connectivity index (χ4n) is 2.47. The predicted octanol–water partition coefficient (Wildman–Crippen LogP) is 1.58. The van der Waals surface area contributed by atoms with Gasteiger partial charge in [0.1, 0.15) is 6.61 Å². The zero-order valence-electron chi connectivity index (χ0n) is 12.4. The van der Waals surface area contributed by atoms with Gasteiger partial charge in [0.2, 0.25) is 5.91 Å². The van der Waals surface area contributed by atoms with Gasteiger partial charge in [-0.15, -0.1) is 0 Å². The number of carbonyl (C=O) groups excluding carboxylic acids is 1. The topological polar surface area (TPSA) is 68.2 Å². The van der Waals surface area contributed by atoms with Crippen LogP contribution in [0.2, 0.25) is 0 Å². The molecule has 2 N–H and O–H groups in total. The second-order valence-corrected chi connectivity index (χ2v) is 5.31. The Kier molecular flexibility index (Phi) is 4.82. The van der Waals surface area contributed by atoms with Gasteiger partial charge in [0, 0.05) is 18.1 Å². The number of piperidine rings is 1. The summed E-state index contributed by atoms with van der Waals surface area (Å²) in [6, 6.07) is 9.42. The molecule has 1 aliphatic heterocycles. The summed E-state index contributed by atoms with van der Waals surface area (Å²) in [5, 5.41) is 10.3. The molecule has 0 bridgehead atoms. The van der Waals surface area contributed by atoms with Crippen molar-refractivity contribution in [3.63, 3.8) is 0 Å². The van der Waals surface area contributed by atoms with Gasteiger partial charge in [0.15, 0.2) is 0 Å². The summed E-state index contributed by atoms with van der Waals surface area (Å²) in [5.41, 5.74) is 1.71. The Bertz CT molecular complexity index is 589. The van der Waals surface area contributed by atoms with E-state index in [-0.39, 0.29) is 18.6 Å². The van der Waals surface area contributed by atoms with Gasteiger partial charge in [-0.05, 0) is 56.3 Å². The first-order valence-corrected chi connectivity index (χ1v) is 7.53. The minimum atomic E-state index is -0.120. The van der Waals surface area contributed by atoms with Gasteiger partial charge in [-0.1, -0.05) is 0 Å². The van der Waals surface area contributed by atoms with Crippen LogP contribution in [0.5, 0.6) is 0 Å². The van der Waals surface area contributed by atoms with E-state index in [1.165, 1.54) is 0 Å². The quantitative estimate of drug-likeness (QED) is 0.880. The van der Waals surface area contributed by atoms with Gasteiger partial charge in [0.05, 0.1) is 11.8 Å². The number of aromatic nitrogens is 2. The van der Waals surface area contributed by atoms with E-state index in [2.05, 4.69) is 15.7 Å². The number of rotatable bonds is 5. The first-order chi connectivity index (χ1) is 10.8. The Morgan fingerprint density at radius 1 is 1.32 bits per heavy atom. The molecule has 0 aliphatic carbocycles. The molecule has 0 unspecified atom stereocenters. The fourth-order valence-corrected chi connectivity index (χ4v) is 2.47. The number of anilines is 1. The van der Waals surface area contributed by atoms with E-state index in [0.717, 1.165) is 37.3 Å². The smallest absolute Gasteiger partial charge is 0.250 e. The lowest BCUT2D eigenvalue weighted by atomic mass is 10.1. The molecule has 0 atom stereocenters. The van der Waals surface area contributed by atoms with Crippen molar-refractivity contribution in [1.29, 1.82) is 0 Å². The van der Waals surface area contributed by atoms with Gasteiger partial charge in [-0.3, -0.25) is 4.79 Å². The normalized spacial score (nSPS) is 15.6. The van der Waals surface area contributed by atoms with Crippen LogP contribution < -0.4 is 10.6 Å². The molecule has 0 radical (unpaired) electrons. The first kappa shape index (κ1) is 14.7. The zero-order valence-corrected chi connectivity index (χ0v) is 12.4. The highest BCUT2D eigenvalue weighted by Crippen LogP contribution is 2.13. The van der Waals surface area contributed by atoms with Crippen LogP contribution in [0.3, 0.4) is 0 Å². The molecule has 3 rings (SSSR count). The monoisotopic (exact) mass is 300 g/mol. The number of amides is 1. The average Bonchev–Trinajstić information content (AvgIpc) is 3.09. The third-order valence-corrected chi connectivity index (χ3v) is 3.66. The number of carbonyl (C=O) groups is 1. The van der Waals surface area contributed by atoms with E-state index >= 15 is 0 Å². The summed E-state index contributed by atoms with van der Waals surface area (Å²) in [5.74, 6) is -0.120. The van der Waals surface area contributed by atoms with E-state index in [0.29, 0.717) is 0 Å². The van der Waals surface area contributed by atoms with Crippen molar-refractivity contribution in [3.05, 3.63) is 42.7 Å². The number of nitrogens with one attached hydrogen (secondary N) is 2. The summed E-state index contributed by atoms with van der Waals surface area (Å²) in [6.07, 6.45) is 5.72. The van der Waals surface area contributed by atoms with E-state index in [4.69, 9.17) is 4.74 Å². The molecule has 1 amide bonds. The van der Waals surface area contributed by atoms with Crippen molar-refractivity contribution in [2.75, 3.05) is 25.0 Å². The first-order valence-electron chi connectivity index (χ1n) is 7.53. The van der Waals surface area contributed by atoms with Crippen LogP contribution in [0.4, 0.5) is 5.69 Å². The molecule has 1 saturated heterocycles. The second-order valence-electron chi connectivity index (χ2n) is 5.31. The highest BCUT2D eigenvalue weighted by Gasteiger charge is 2.14. The molecule has 2 aromatic rings. The van der Waals surface area contributed by atoms with Crippen molar-refractivity contribution in [2.45, 2.75) is 18.9 Å². The molecule has 0 spiro atoms. The molecular formula is C16H20N4O2. The average molecular weight is 300 g/mol.